The second-order valence-electron chi connectivity index (χ2n) is 5.01. The largest absolute Gasteiger partial charge is 0.493 e. The van der Waals surface area contributed by atoms with Crippen molar-refractivity contribution in [3.8, 4) is 17.2 Å². The molecule has 0 bridgehead atoms. The lowest BCUT2D eigenvalue weighted by Crippen LogP contribution is -2.20. The molecular weight excluding hydrogens is 282 g/mol. The van der Waals surface area contributed by atoms with Gasteiger partial charge in [0.1, 0.15) is 17.7 Å². The second-order valence-corrected chi connectivity index (χ2v) is 5.01. The van der Waals surface area contributed by atoms with Gasteiger partial charge in [0.05, 0.1) is 26.7 Å². The Hall–Kier alpha value is -2.24. The SMILES string of the molecule is CCCCN(C)c1ncnc2c(OC)c(OC)c(OC)cc12. The number of methoxy groups -OCH3 is 3. The first-order valence-electron chi connectivity index (χ1n) is 7.32. The Morgan fingerprint density at radius 2 is 1.77 bits per heavy atom. The molecule has 120 valence electrons. The van der Waals surface area contributed by atoms with Crippen molar-refractivity contribution in [2.75, 3.05) is 39.8 Å². The van der Waals surface area contributed by atoms with Gasteiger partial charge < -0.3 is 19.1 Å². The molecule has 0 fully saturated rings. The van der Waals surface area contributed by atoms with Crippen LogP contribution in [-0.2, 0) is 0 Å². The van der Waals surface area contributed by atoms with Crippen molar-refractivity contribution < 1.29 is 14.2 Å². The van der Waals surface area contributed by atoms with Gasteiger partial charge in [-0.15, -0.1) is 0 Å². The van der Waals surface area contributed by atoms with Gasteiger partial charge in [0, 0.05) is 13.6 Å². The lowest BCUT2D eigenvalue weighted by atomic mass is 10.1. The summed E-state index contributed by atoms with van der Waals surface area (Å²) in [5.41, 5.74) is 0.716. The van der Waals surface area contributed by atoms with Crippen molar-refractivity contribution in [1.29, 1.82) is 0 Å². The Bertz CT molecular complexity index is 646. The summed E-state index contributed by atoms with van der Waals surface area (Å²) in [7, 11) is 6.81. The monoisotopic (exact) mass is 305 g/mol. The minimum atomic E-state index is 0.540. The predicted molar refractivity (Wildman–Crippen MR) is 87.4 cm³/mol. The number of fused-ring (bicyclic) bond motifs is 1. The van der Waals surface area contributed by atoms with Crippen molar-refractivity contribution in [2.45, 2.75) is 19.8 Å². The van der Waals surface area contributed by atoms with Crippen molar-refractivity contribution in [2.24, 2.45) is 0 Å². The van der Waals surface area contributed by atoms with E-state index in [1.165, 1.54) is 0 Å². The molecule has 1 aromatic carbocycles. The molecule has 0 radical (unpaired) electrons. The van der Waals surface area contributed by atoms with Crippen molar-refractivity contribution >= 4 is 16.7 Å². The third kappa shape index (κ3) is 2.86. The van der Waals surface area contributed by atoms with Gasteiger partial charge in [0.15, 0.2) is 11.5 Å². The van der Waals surface area contributed by atoms with E-state index in [9.17, 15) is 0 Å². The molecule has 0 atom stereocenters. The maximum atomic E-state index is 5.49. The molecule has 0 aliphatic carbocycles. The fourth-order valence-electron chi connectivity index (χ4n) is 2.46. The molecule has 1 heterocycles. The van der Waals surface area contributed by atoms with Crippen LogP contribution >= 0.6 is 0 Å². The van der Waals surface area contributed by atoms with Gasteiger partial charge in [-0.3, -0.25) is 0 Å². The minimum absolute atomic E-state index is 0.540. The fourth-order valence-corrected chi connectivity index (χ4v) is 2.46. The summed E-state index contributed by atoms with van der Waals surface area (Å²) in [5, 5.41) is 0.885. The molecular formula is C16H23N3O3. The molecule has 22 heavy (non-hydrogen) atoms. The van der Waals surface area contributed by atoms with Crippen LogP contribution < -0.4 is 19.1 Å². The highest BCUT2D eigenvalue weighted by Crippen LogP contribution is 2.44. The molecule has 0 spiro atoms. The summed E-state index contributed by atoms with van der Waals surface area (Å²) in [6, 6.07) is 1.90. The topological polar surface area (TPSA) is 56.7 Å². The van der Waals surface area contributed by atoms with Gasteiger partial charge in [-0.05, 0) is 12.5 Å². The summed E-state index contributed by atoms with van der Waals surface area (Å²) >= 11 is 0. The maximum Gasteiger partial charge on any atom is 0.205 e. The maximum absolute atomic E-state index is 5.49. The van der Waals surface area contributed by atoms with Crippen LogP contribution in [0, 0.1) is 0 Å². The van der Waals surface area contributed by atoms with Gasteiger partial charge in [-0.25, -0.2) is 9.97 Å². The highest BCUT2D eigenvalue weighted by Gasteiger charge is 2.20. The van der Waals surface area contributed by atoms with E-state index in [0.29, 0.717) is 22.8 Å². The summed E-state index contributed by atoms with van der Waals surface area (Å²) in [6.45, 7) is 3.10. The highest BCUT2D eigenvalue weighted by molar-refractivity contribution is 5.96. The standard InChI is InChI=1S/C16H23N3O3/c1-6-7-8-19(2)16-11-9-12(20-3)14(21-4)15(22-5)13(11)17-10-18-16/h9-10H,6-8H2,1-5H3. The van der Waals surface area contributed by atoms with Crippen LogP contribution in [0.15, 0.2) is 12.4 Å². The molecule has 0 saturated heterocycles. The quantitative estimate of drug-likeness (QED) is 0.784. The highest BCUT2D eigenvalue weighted by atomic mass is 16.5. The van der Waals surface area contributed by atoms with E-state index < -0.39 is 0 Å². The molecule has 6 nitrogen and oxygen atoms in total. The lowest BCUT2D eigenvalue weighted by molar-refractivity contribution is 0.327. The van der Waals surface area contributed by atoms with Gasteiger partial charge in [0.2, 0.25) is 5.75 Å². The summed E-state index contributed by atoms with van der Waals surface area (Å²) < 4.78 is 16.3. The number of unbranched alkanes of at least 4 members (excludes halogenated alkanes) is 1. The van der Waals surface area contributed by atoms with Crippen LogP contribution in [0.3, 0.4) is 0 Å². The molecule has 6 heteroatoms. The van der Waals surface area contributed by atoms with E-state index in [1.807, 2.05) is 13.1 Å². The van der Waals surface area contributed by atoms with Crippen LogP contribution in [-0.4, -0.2) is 44.9 Å². The third-order valence-corrected chi connectivity index (χ3v) is 3.62. The number of ether oxygens (including phenoxy) is 3. The minimum Gasteiger partial charge on any atom is -0.493 e. The van der Waals surface area contributed by atoms with Crippen molar-refractivity contribution in [1.82, 2.24) is 9.97 Å². The van der Waals surface area contributed by atoms with Crippen LogP contribution in [0.5, 0.6) is 17.2 Å². The zero-order chi connectivity index (χ0) is 16.1. The first-order chi connectivity index (χ1) is 10.7. The van der Waals surface area contributed by atoms with E-state index in [4.69, 9.17) is 14.2 Å². The number of nitrogens with zero attached hydrogens (tertiary/aromatic N) is 3. The van der Waals surface area contributed by atoms with E-state index in [1.54, 1.807) is 27.7 Å². The number of hydrogen-bond acceptors (Lipinski definition) is 6. The number of hydrogen-bond donors (Lipinski definition) is 0. The van der Waals surface area contributed by atoms with E-state index >= 15 is 0 Å². The molecule has 1 aromatic heterocycles. The summed E-state index contributed by atoms with van der Waals surface area (Å²) in [5.74, 6) is 2.56. The molecule has 0 saturated carbocycles. The Labute approximate surface area is 131 Å². The molecule has 0 N–H and O–H groups in total. The number of aromatic nitrogens is 2. The van der Waals surface area contributed by atoms with Crippen LogP contribution in [0.25, 0.3) is 10.9 Å². The van der Waals surface area contributed by atoms with Gasteiger partial charge >= 0.3 is 0 Å². The first kappa shape index (κ1) is 16.1. The second kappa shape index (κ2) is 7.15. The van der Waals surface area contributed by atoms with Crippen molar-refractivity contribution in [3.63, 3.8) is 0 Å². The molecule has 2 aromatic rings. The molecule has 0 unspecified atom stereocenters. The molecule has 0 amide bonds. The zero-order valence-corrected chi connectivity index (χ0v) is 13.8. The Morgan fingerprint density at radius 3 is 2.36 bits per heavy atom. The average molecular weight is 305 g/mol. The molecule has 2 rings (SSSR count). The third-order valence-electron chi connectivity index (χ3n) is 3.62. The normalized spacial score (nSPS) is 10.6. The van der Waals surface area contributed by atoms with Gasteiger partial charge in [-0.1, -0.05) is 13.3 Å². The van der Waals surface area contributed by atoms with E-state index in [2.05, 4.69) is 21.8 Å². The van der Waals surface area contributed by atoms with E-state index in [-0.39, 0.29) is 0 Å². The molecule has 0 aliphatic rings. The van der Waals surface area contributed by atoms with Crippen LogP contribution in [0.1, 0.15) is 19.8 Å². The fraction of sp³-hybridized carbons (Fsp3) is 0.500. The van der Waals surface area contributed by atoms with Crippen molar-refractivity contribution in [3.05, 3.63) is 12.4 Å². The number of benzene rings is 1. The Balaban J connectivity index is 2.66. The lowest BCUT2D eigenvalue weighted by Gasteiger charge is -2.21. The Morgan fingerprint density at radius 1 is 1.05 bits per heavy atom. The van der Waals surface area contributed by atoms with E-state index in [0.717, 1.165) is 30.6 Å². The summed E-state index contributed by atoms with van der Waals surface area (Å²) in [6.07, 6.45) is 3.79. The van der Waals surface area contributed by atoms with Crippen LogP contribution in [0.2, 0.25) is 0 Å². The van der Waals surface area contributed by atoms with Gasteiger partial charge in [0.25, 0.3) is 0 Å². The number of rotatable bonds is 7. The first-order valence-corrected chi connectivity index (χ1v) is 7.32. The van der Waals surface area contributed by atoms with Crippen LogP contribution in [0.4, 0.5) is 5.82 Å². The predicted octanol–water partition coefficient (Wildman–Crippen LogP) is 2.89. The zero-order valence-electron chi connectivity index (χ0n) is 13.8. The molecule has 0 aliphatic heterocycles. The average Bonchev–Trinajstić information content (AvgIpc) is 2.56. The number of anilines is 1. The smallest absolute Gasteiger partial charge is 0.205 e. The summed E-state index contributed by atoms with van der Waals surface area (Å²) in [4.78, 5) is 10.9. The Kier molecular flexibility index (Phi) is 5.25. The van der Waals surface area contributed by atoms with Gasteiger partial charge in [-0.2, -0.15) is 0 Å².